The molecule has 3 aromatic carbocycles. The number of nitrogen functional groups attached to an aromatic ring is 1. The lowest BCUT2D eigenvalue weighted by Crippen LogP contribution is -2.37. The van der Waals surface area contributed by atoms with Crippen LogP contribution in [0.2, 0.25) is 10.0 Å². The van der Waals surface area contributed by atoms with E-state index < -0.39 is 17.9 Å². The van der Waals surface area contributed by atoms with E-state index in [4.69, 9.17) is 33.7 Å². The number of methoxy groups -OCH3 is 1. The molecule has 1 atom stereocenters. The highest BCUT2D eigenvalue weighted by Crippen LogP contribution is 2.36. The molecule has 0 aliphatic carbocycles. The minimum Gasteiger partial charge on any atom is -0.494 e. The van der Waals surface area contributed by atoms with E-state index in [1.54, 1.807) is 24.3 Å². The first-order valence-electron chi connectivity index (χ1n) is 11.0. The van der Waals surface area contributed by atoms with E-state index in [0.717, 1.165) is 16.7 Å². The van der Waals surface area contributed by atoms with Crippen molar-refractivity contribution in [3.05, 3.63) is 81.1 Å². The van der Waals surface area contributed by atoms with Gasteiger partial charge in [-0.05, 0) is 66.8 Å². The summed E-state index contributed by atoms with van der Waals surface area (Å²) in [6, 6.07) is 12.4. The number of anilines is 3. The molecular formula is C26H28Cl2FN3O2. The zero-order valence-corrected chi connectivity index (χ0v) is 21.1. The molecule has 1 unspecified atom stereocenters. The number of nitrogens with one attached hydrogen (secondary N) is 1. The normalized spacial score (nSPS) is 11.7. The number of benzene rings is 3. The number of halogens is 3. The molecule has 0 fully saturated rings. The first kappa shape index (κ1) is 25.7. The maximum atomic E-state index is 14.6. The standard InChI is InChI=1S/C26H28Cl2FN3O2/c1-5-19-21(28)14-23(30)20(6-2)25(19)31-26(33)32(15(3)16-7-9-17(27)10-8-16)18-11-12-24(34-4)22(29)13-18/h7-15H,5-6,30H2,1-4H3,(H,31,33). The molecular weight excluding hydrogens is 476 g/mol. The molecule has 0 heterocycles. The highest BCUT2D eigenvalue weighted by atomic mass is 35.5. The summed E-state index contributed by atoms with van der Waals surface area (Å²) in [4.78, 5) is 15.3. The van der Waals surface area contributed by atoms with Gasteiger partial charge < -0.3 is 15.8 Å². The van der Waals surface area contributed by atoms with Crippen LogP contribution in [-0.4, -0.2) is 13.1 Å². The Kier molecular flexibility index (Phi) is 8.28. The Morgan fingerprint density at radius 3 is 2.29 bits per heavy atom. The first-order valence-corrected chi connectivity index (χ1v) is 11.8. The van der Waals surface area contributed by atoms with Gasteiger partial charge in [-0.3, -0.25) is 4.90 Å². The molecule has 0 aliphatic rings. The number of urea groups is 1. The van der Waals surface area contributed by atoms with Gasteiger partial charge in [0.1, 0.15) is 0 Å². The molecule has 0 saturated heterocycles. The summed E-state index contributed by atoms with van der Waals surface area (Å²) in [5, 5.41) is 4.08. The first-order chi connectivity index (χ1) is 16.2. The summed E-state index contributed by atoms with van der Waals surface area (Å²) in [5.41, 5.74) is 10.1. The third-order valence-corrected chi connectivity index (χ3v) is 6.42. The van der Waals surface area contributed by atoms with E-state index in [-0.39, 0.29) is 5.75 Å². The van der Waals surface area contributed by atoms with Crippen molar-refractivity contribution >= 4 is 46.3 Å². The van der Waals surface area contributed by atoms with Crippen molar-refractivity contribution in [2.24, 2.45) is 0 Å². The fourth-order valence-electron chi connectivity index (χ4n) is 4.01. The van der Waals surface area contributed by atoms with Crippen LogP contribution in [0.25, 0.3) is 0 Å². The number of nitrogens with zero attached hydrogens (tertiary/aromatic N) is 1. The van der Waals surface area contributed by atoms with E-state index in [9.17, 15) is 9.18 Å². The van der Waals surface area contributed by atoms with Gasteiger partial charge >= 0.3 is 6.03 Å². The lowest BCUT2D eigenvalue weighted by molar-refractivity contribution is 0.255. The molecule has 2 amide bonds. The van der Waals surface area contributed by atoms with Crippen LogP contribution in [0.1, 0.15) is 43.5 Å². The third-order valence-electron chi connectivity index (χ3n) is 5.83. The number of hydrogen-bond donors (Lipinski definition) is 2. The molecule has 0 aromatic heterocycles. The van der Waals surface area contributed by atoms with Crippen LogP contribution in [0.5, 0.6) is 5.75 Å². The van der Waals surface area contributed by atoms with Crippen molar-refractivity contribution in [1.82, 2.24) is 0 Å². The molecule has 3 rings (SSSR count). The average Bonchev–Trinajstić information content (AvgIpc) is 2.80. The smallest absolute Gasteiger partial charge is 0.326 e. The van der Waals surface area contributed by atoms with Gasteiger partial charge in [0.2, 0.25) is 0 Å². The quantitative estimate of drug-likeness (QED) is 0.325. The molecule has 0 bridgehead atoms. The van der Waals surface area contributed by atoms with Crippen LogP contribution < -0.4 is 20.7 Å². The Morgan fingerprint density at radius 1 is 1.09 bits per heavy atom. The predicted molar refractivity (Wildman–Crippen MR) is 139 cm³/mol. The predicted octanol–water partition coefficient (Wildman–Crippen LogP) is 7.65. The largest absolute Gasteiger partial charge is 0.494 e. The summed E-state index contributed by atoms with van der Waals surface area (Å²) in [5.74, 6) is -0.482. The Bertz CT molecular complexity index is 1160. The summed E-state index contributed by atoms with van der Waals surface area (Å²) < 4.78 is 19.7. The maximum Gasteiger partial charge on any atom is 0.326 e. The lowest BCUT2D eigenvalue weighted by atomic mass is 10.0. The van der Waals surface area contributed by atoms with E-state index in [0.29, 0.717) is 39.9 Å². The highest BCUT2D eigenvalue weighted by Gasteiger charge is 2.27. The van der Waals surface area contributed by atoms with Crippen molar-refractivity contribution in [2.45, 2.75) is 39.7 Å². The summed E-state index contributed by atoms with van der Waals surface area (Å²) >= 11 is 12.5. The Hall–Kier alpha value is -2.96. The molecule has 0 radical (unpaired) electrons. The maximum absolute atomic E-state index is 14.6. The van der Waals surface area contributed by atoms with Crippen molar-refractivity contribution in [3.8, 4) is 5.75 Å². The summed E-state index contributed by atoms with van der Waals surface area (Å²) in [6.45, 7) is 5.78. The van der Waals surface area contributed by atoms with Crippen molar-refractivity contribution < 1.29 is 13.9 Å². The minimum absolute atomic E-state index is 0.0902. The van der Waals surface area contributed by atoms with Crippen LogP contribution in [0.15, 0.2) is 48.5 Å². The molecule has 180 valence electrons. The fraction of sp³-hybridized carbons (Fsp3) is 0.269. The highest BCUT2D eigenvalue weighted by molar-refractivity contribution is 6.32. The van der Waals surface area contributed by atoms with Gasteiger partial charge in [0, 0.05) is 27.5 Å². The Morgan fingerprint density at radius 2 is 1.74 bits per heavy atom. The molecule has 8 heteroatoms. The number of carbonyl (C=O) groups excluding carboxylic acids is 1. The molecule has 3 aromatic rings. The second-order valence-electron chi connectivity index (χ2n) is 7.83. The van der Waals surface area contributed by atoms with Crippen molar-refractivity contribution in [3.63, 3.8) is 0 Å². The van der Waals surface area contributed by atoms with Gasteiger partial charge in [0.05, 0.1) is 18.8 Å². The number of ether oxygens (including phenoxy) is 1. The van der Waals surface area contributed by atoms with Crippen LogP contribution in [-0.2, 0) is 12.8 Å². The van der Waals surface area contributed by atoms with Gasteiger partial charge in [-0.15, -0.1) is 0 Å². The van der Waals surface area contributed by atoms with E-state index in [2.05, 4.69) is 5.32 Å². The van der Waals surface area contributed by atoms with Crippen LogP contribution in [0.3, 0.4) is 0 Å². The molecule has 3 N–H and O–H groups in total. The van der Waals surface area contributed by atoms with Crippen LogP contribution >= 0.6 is 23.2 Å². The van der Waals surface area contributed by atoms with Gasteiger partial charge in [-0.1, -0.05) is 49.2 Å². The monoisotopic (exact) mass is 503 g/mol. The summed E-state index contributed by atoms with van der Waals surface area (Å²) in [7, 11) is 1.39. The fourth-order valence-corrected chi connectivity index (χ4v) is 4.49. The SMILES string of the molecule is CCc1c(N)cc(Cl)c(CC)c1NC(=O)N(c1ccc(OC)c(F)c1)C(C)c1ccc(Cl)cc1. The van der Waals surface area contributed by atoms with Crippen molar-refractivity contribution in [1.29, 1.82) is 0 Å². The number of carbonyl (C=O) groups is 1. The van der Waals surface area contributed by atoms with Crippen molar-refractivity contribution in [2.75, 3.05) is 23.1 Å². The van der Waals surface area contributed by atoms with Crippen LogP contribution in [0, 0.1) is 5.82 Å². The third kappa shape index (κ3) is 5.24. The zero-order chi connectivity index (χ0) is 25.0. The Labute approximate surface area is 209 Å². The van der Waals surface area contributed by atoms with Gasteiger partial charge in [0.15, 0.2) is 11.6 Å². The Balaban J connectivity index is 2.11. The van der Waals surface area contributed by atoms with Gasteiger partial charge in [0.25, 0.3) is 0 Å². The van der Waals surface area contributed by atoms with Gasteiger partial charge in [-0.2, -0.15) is 0 Å². The van der Waals surface area contributed by atoms with Gasteiger partial charge in [-0.25, -0.2) is 9.18 Å². The van der Waals surface area contributed by atoms with E-state index in [1.165, 1.54) is 24.1 Å². The number of nitrogens with two attached hydrogens (primary N) is 1. The summed E-state index contributed by atoms with van der Waals surface area (Å²) in [6.07, 6.45) is 1.21. The minimum atomic E-state index is -0.573. The molecule has 5 nitrogen and oxygen atoms in total. The number of hydrogen-bond acceptors (Lipinski definition) is 3. The second kappa shape index (κ2) is 11.0. The lowest BCUT2D eigenvalue weighted by Gasteiger charge is -2.31. The molecule has 34 heavy (non-hydrogen) atoms. The molecule has 0 aliphatic heterocycles. The molecule has 0 spiro atoms. The average molecular weight is 504 g/mol. The zero-order valence-electron chi connectivity index (χ0n) is 19.6. The second-order valence-corrected chi connectivity index (χ2v) is 8.68. The number of amides is 2. The van der Waals surface area contributed by atoms with E-state index in [1.807, 2.05) is 32.9 Å². The molecule has 0 saturated carbocycles. The topological polar surface area (TPSA) is 67.6 Å². The van der Waals surface area contributed by atoms with Crippen LogP contribution in [0.4, 0.5) is 26.2 Å². The van der Waals surface area contributed by atoms with E-state index >= 15 is 0 Å². The number of rotatable bonds is 7.